The highest BCUT2D eigenvalue weighted by atomic mass is 79.9. The summed E-state index contributed by atoms with van der Waals surface area (Å²) in [6.45, 7) is 0. The molecule has 1 unspecified atom stereocenters. The van der Waals surface area contributed by atoms with Gasteiger partial charge in [-0.25, -0.2) is 13.2 Å². The van der Waals surface area contributed by atoms with E-state index in [-0.39, 0.29) is 11.4 Å². The summed E-state index contributed by atoms with van der Waals surface area (Å²) in [5.74, 6) is -1.68. The summed E-state index contributed by atoms with van der Waals surface area (Å²) in [5.41, 5.74) is 6.90. The summed E-state index contributed by atoms with van der Waals surface area (Å²) < 4.78 is 39.9. The average Bonchev–Trinajstić information content (AvgIpc) is 2.32. The monoisotopic (exact) mass is 329 g/mol. The fourth-order valence-electron chi connectivity index (χ4n) is 1.84. The summed E-state index contributed by atoms with van der Waals surface area (Å²) in [6, 6.07) is 6.89. The standard InChI is InChI=1S/C14H11BrF3N/c15-12-6-9(16)2-1-8(12)5-14(19)11-4-3-10(17)7-13(11)18/h1-4,6-7,14H,5,19H2. The first kappa shape index (κ1) is 14.1. The van der Waals surface area contributed by atoms with Gasteiger partial charge in [-0.1, -0.05) is 28.1 Å². The SMILES string of the molecule is NC(Cc1ccc(F)cc1Br)c1ccc(F)cc1F. The van der Waals surface area contributed by atoms with Crippen LogP contribution in [0.1, 0.15) is 17.2 Å². The second-order valence-corrected chi connectivity index (χ2v) is 5.07. The van der Waals surface area contributed by atoms with Gasteiger partial charge in [0.1, 0.15) is 17.5 Å². The highest BCUT2D eigenvalue weighted by molar-refractivity contribution is 9.10. The predicted octanol–water partition coefficient (Wildman–Crippen LogP) is 4.11. The lowest BCUT2D eigenvalue weighted by molar-refractivity contribution is 0.553. The maximum Gasteiger partial charge on any atom is 0.130 e. The van der Waals surface area contributed by atoms with Gasteiger partial charge >= 0.3 is 0 Å². The zero-order chi connectivity index (χ0) is 14.0. The summed E-state index contributed by atoms with van der Waals surface area (Å²) in [7, 11) is 0. The molecule has 1 nitrogen and oxygen atoms in total. The van der Waals surface area contributed by atoms with Crippen LogP contribution in [0, 0.1) is 17.5 Å². The molecule has 0 saturated carbocycles. The van der Waals surface area contributed by atoms with E-state index < -0.39 is 17.7 Å². The first-order valence-electron chi connectivity index (χ1n) is 5.62. The van der Waals surface area contributed by atoms with E-state index in [0.29, 0.717) is 10.9 Å². The molecular formula is C14H11BrF3N. The lowest BCUT2D eigenvalue weighted by Gasteiger charge is -2.14. The molecule has 2 aromatic rings. The van der Waals surface area contributed by atoms with E-state index in [9.17, 15) is 13.2 Å². The number of hydrogen-bond acceptors (Lipinski definition) is 1. The van der Waals surface area contributed by atoms with Crippen molar-refractivity contribution >= 4 is 15.9 Å². The van der Waals surface area contributed by atoms with E-state index in [1.807, 2.05) is 0 Å². The van der Waals surface area contributed by atoms with E-state index in [2.05, 4.69) is 15.9 Å². The number of halogens is 4. The Kier molecular flexibility index (Phi) is 4.27. The Hall–Kier alpha value is -1.33. The van der Waals surface area contributed by atoms with Gasteiger partial charge in [0.05, 0.1) is 0 Å². The fraction of sp³-hybridized carbons (Fsp3) is 0.143. The molecule has 0 aliphatic heterocycles. The van der Waals surface area contributed by atoms with Crippen molar-refractivity contribution in [2.24, 2.45) is 5.73 Å². The maximum absolute atomic E-state index is 13.6. The Labute approximate surface area is 117 Å². The lowest BCUT2D eigenvalue weighted by atomic mass is 9.99. The second-order valence-electron chi connectivity index (χ2n) is 4.21. The smallest absolute Gasteiger partial charge is 0.130 e. The van der Waals surface area contributed by atoms with Gasteiger partial charge in [0.15, 0.2) is 0 Å². The second kappa shape index (κ2) is 5.75. The normalized spacial score (nSPS) is 12.5. The molecule has 0 fully saturated rings. The maximum atomic E-state index is 13.6. The lowest BCUT2D eigenvalue weighted by Crippen LogP contribution is -2.15. The minimum absolute atomic E-state index is 0.234. The van der Waals surface area contributed by atoms with Gasteiger partial charge in [-0.2, -0.15) is 0 Å². The van der Waals surface area contributed by atoms with Crippen molar-refractivity contribution in [3.63, 3.8) is 0 Å². The van der Waals surface area contributed by atoms with E-state index in [1.165, 1.54) is 18.2 Å². The number of rotatable bonds is 3. The van der Waals surface area contributed by atoms with Crippen LogP contribution in [0.25, 0.3) is 0 Å². The van der Waals surface area contributed by atoms with Crippen molar-refractivity contribution in [3.05, 3.63) is 69.4 Å². The summed E-state index contributed by atoms with van der Waals surface area (Å²) in [5, 5.41) is 0. The molecule has 0 aromatic heterocycles. The Bertz CT molecular complexity index is 601. The molecule has 0 aliphatic carbocycles. The van der Waals surface area contributed by atoms with Crippen LogP contribution in [0.2, 0.25) is 0 Å². The van der Waals surface area contributed by atoms with Crippen molar-refractivity contribution in [2.45, 2.75) is 12.5 Å². The zero-order valence-electron chi connectivity index (χ0n) is 9.84. The van der Waals surface area contributed by atoms with Crippen LogP contribution in [-0.4, -0.2) is 0 Å². The number of benzene rings is 2. The Balaban J connectivity index is 2.23. The molecule has 0 amide bonds. The van der Waals surface area contributed by atoms with Crippen molar-refractivity contribution in [1.82, 2.24) is 0 Å². The molecule has 5 heteroatoms. The first-order valence-corrected chi connectivity index (χ1v) is 6.41. The van der Waals surface area contributed by atoms with Gasteiger partial charge in [-0.15, -0.1) is 0 Å². The Morgan fingerprint density at radius 1 is 1.00 bits per heavy atom. The number of hydrogen-bond donors (Lipinski definition) is 1. The van der Waals surface area contributed by atoms with E-state index >= 15 is 0 Å². The van der Waals surface area contributed by atoms with Crippen LogP contribution in [-0.2, 0) is 6.42 Å². The molecule has 0 spiro atoms. The molecule has 0 heterocycles. The van der Waals surface area contributed by atoms with Crippen LogP contribution in [0.5, 0.6) is 0 Å². The average molecular weight is 330 g/mol. The zero-order valence-corrected chi connectivity index (χ0v) is 11.4. The molecule has 2 rings (SSSR count). The Morgan fingerprint density at radius 2 is 1.63 bits per heavy atom. The van der Waals surface area contributed by atoms with Crippen molar-refractivity contribution in [2.75, 3.05) is 0 Å². The van der Waals surface area contributed by atoms with Crippen LogP contribution in [0.15, 0.2) is 40.9 Å². The van der Waals surface area contributed by atoms with Gasteiger partial charge in [0.25, 0.3) is 0 Å². The molecule has 0 aliphatic rings. The molecule has 0 saturated heterocycles. The minimum atomic E-state index is -0.675. The molecule has 1 atom stereocenters. The van der Waals surface area contributed by atoms with E-state index in [0.717, 1.165) is 17.7 Å². The topological polar surface area (TPSA) is 26.0 Å². The van der Waals surface area contributed by atoms with Gasteiger partial charge in [-0.05, 0) is 30.2 Å². The molecule has 19 heavy (non-hydrogen) atoms. The molecule has 2 aromatic carbocycles. The predicted molar refractivity (Wildman–Crippen MR) is 71.1 cm³/mol. The van der Waals surface area contributed by atoms with Gasteiger partial charge in [0.2, 0.25) is 0 Å². The highest BCUT2D eigenvalue weighted by Crippen LogP contribution is 2.25. The third-order valence-electron chi connectivity index (χ3n) is 2.82. The molecule has 2 N–H and O–H groups in total. The van der Waals surface area contributed by atoms with E-state index in [1.54, 1.807) is 6.07 Å². The molecule has 100 valence electrons. The largest absolute Gasteiger partial charge is 0.324 e. The van der Waals surface area contributed by atoms with E-state index in [4.69, 9.17) is 5.73 Å². The summed E-state index contributed by atoms with van der Waals surface area (Å²) in [6.07, 6.45) is 0.323. The highest BCUT2D eigenvalue weighted by Gasteiger charge is 2.14. The minimum Gasteiger partial charge on any atom is -0.324 e. The first-order chi connectivity index (χ1) is 8.97. The third kappa shape index (κ3) is 3.36. The summed E-state index contributed by atoms with van der Waals surface area (Å²) in [4.78, 5) is 0. The van der Waals surface area contributed by atoms with Gasteiger partial charge in [0, 0.05) is 22.1 Å². The van der Waals surface area contributed by atoms with Crippen molar-refractivity contribution < 1.29 is 13.2 Å². The van der Waals surface area contributed by atoms with Crippen molar-refractivity contribution in [1.29, 1.82) is 0 Å². The van der Waals surface area contributed by atoms with Crippen LogP contribution >= 0.6 is 15.9 Å². The Morgan fingerprint density at radius 3 is 2.26 bits per heavy atom. The fourth-order valence-corrected chi connectivity index (χ4v) is 2.35. The number of nitrogens with two attached hydrogens (primary N) is 1. The molecular weight excluding hydrogens is 319 g/mol. The van der Waals surface area contributed by atoms with Crippen LogP contribution in [0.3, 0.4) is 0 Å². The van der Waals surface area contributed by atoms with Crippen LogP contribution in [0.4, 0.5) is 13.2 Å². The quantitative estimate of drug-likeness (QED) is 0.901. The third-order valence-corrected chi connectivity index (χ3v) is 3.56. The van der Waals surface area contributed by atoms with Crippen LogP contribution < -0.4 is 5.73 Å². The van der Waals surface area contributed by atoms with Crippen molar-refractivity contribution in [3.8, 4) is 0 Å². The van der Waals surface area contributed by atoms with Gasteiger partial charge < -0.3 is 5.73 Å². The van der Waals surface area contributed by atoms with Gasteiger partial charge in [-0.3, -0.25) is 0 Å². The summed E-state index contributed by atoms with van der Waals surface area (Å²) >= 11 is 3.23. The molecule has 0 bridgehead atoms. The molecule has 0 radical (unpaired) electrons.